The van der Waals surface area contributed by atoms with Crippen molar-refractivity contribution in [1.29, 1.82) is 0 Å². The van der Waals surface area contributed by atoms with Gasteiger partial charge in [0.05, 0.1) is 0 Å². The van der Waals surface area contributed by atoms with Gasteiger partial charge < -0.3 is 15.3 Å². The summed E-state index contributed by atoms with van der Waals surface area (Å²) in [5, 5.41) is 13.6. The quantitative estimate of drug-likeness (QED) is 0.840. The van der Waals surface area contributed by atoms with E-state index in [1.54, 1.807) is 0 Å². The number of para-hydroxylation sites is 1. The molecule has 2 aromatic carbocycles. The lowest BCUT2D eigenvalue weighted by atomic mass is 10.1. The summed E-state index contributed by atoms with van der Waals surface area (Å²) < 4.78 is 0. The maximum absolute atomic E-state index is 10.4. The molecule has 1 unspecified atom stereocenters. The van der Waals surface area contributed by atoms with Crippen molar-refractivity contribution in [3.05, 3.63) is 59.2 Å². The van der Waals surface area contributed by atoms with E-state index >= 15 is 0 Å². The highest BCUT2D eigenvalue weighted by Crippen LogP contribution is 2.29. The highest BCUT2D eigenvalue weighted by Gasteiger charge is 2.23. The monoisotopic (exact) mass is 268 g/mol. The largest absolute Gasteiger partial charge is 0.356 e. The molecule has 0 saturated carbocycles. The van der Waals surface area contributed by atoms with E-state index in [-0.39, 0.29) is 0 Å². The molecule has 1 atom stereocenters. The fraction of sp³-hybridized carbons (Fsp3) is 0.294. The van der Waals surface area contributed by atoms with Crippen molar-refractivity contribution in [1.82, 2.24) is 0 Å². The fourth-order valence-electron chi connectivity index (χ4n) is 2.68. The standard InChI is InChI=1S/C17H20N2O/c1-12-7-8-15(11-13(12)2)18-17(20)19-10-9-14-5-3-4-6-16(14)19/h3-8,11,17-18,20H,9-10H2,1-2H3. The topological polar surface area (TPSA) is 35.5 Å². The first-order valence-corrected chi connectivity index (χ1v) is 7.01. The molecule has 0 aromatic heterocycles. The van der Waals surface area contributed by atoms with Gasteiger partial charge in [0.2, 0.25) is 6.35 Å². The zero-order valence-corrected chi connectivity index (χ0v) is 11.9. The third-order valence-electron chi connectivity index (χ3n) is 4.02. The van der Waals surface area contributed by atoms with E-state index in [4.69, 9.17) is 0 Å². The first kappa shape index (κ1) is 13.0. The molecule has 3 nitrogen and oxygen atoms in total. The zero-order valence-electron chi connectivity index (χ0n) is 11.9. The minimum Gasteiger partial charge on any atom is -0.356 e. The molecular weight excluding hydrogens is 248 g/mol. The van der Waals surface area contributed by atoms with Crippen molar-refractivity contribution < 1.29 is 5.11 Å². The van der Waals surface area contributed by atoms with Gasteiger partial charge >= 0.3 is 0 Å². The fourth-order valence-corrected chi connectivity index (χ4v) is 2.68. The maximum Gasteiger partial charge on any atom is 0.205 e. The summed E-state index contributed by atoms with van der Waals surface area (Å²) in [5.41, 5.74) is 5.86. The van der Waals surface area contributed by atoms with Gasteiger partial charge in [0.15, 0.2) is 0 Å². The van der Waals surface area contributed by atoms with Crippen LogP contribution in [-0.2, 0) is 6.42 Å². The molecule has 2 aromatic rings. The SMILES string of the molecule is Cc1ccc(NC(O)N2CCc3ccccc32)cc1C. The van der Waals surface area contributed by atoms with Crippen molar-refractivity contribution in [2.24, 2.45) is 0 Å². The van der Waals surface area contributed by atoms with Crippen LogP contribution in [0.5, 0.6) is 0 Å². The number of aliphatic hydroxyl groups excluding tert-OH is 1. The number of anilines is 2. The number of benzene rings is 2. The lowest BCUT2D eigenvalue weighted by Crippen LogP contribution is -2.39. The second-order valence-corrected chi connectivity index (χ2v) is 5.39. The molecule has 20 heavy (non-hydrogen) atoms. The highest BCUT2D eigenvalue weighted by molar-refractivity contribution is 5.60. The third-order valence-corrected chi connectivity index (χ3v) is 4.02. The molecule has 3 rings (SSSR count). The molecule has 3 heteroatoms. The summed E-state index contributed by atoms with van der Waals surface area (Å²) in [6, 6.07) is 14.4. The van der Waals surface area contributed by atoms with Gasteiger partial charge in [-0.2, -0.15) is 0 Å². The Bertz CT molecular complexity index is 624. The van der Waals surface area contributed by atoms with Gasteiger partial charge in [-0.1, -0.05) is 24.3 Å². The van der Waals surface area contributed by atoms with Crippen LogP contribution < -0.4 is 10.2 Å². The third kappa shape index (κ3) is 2.37. The van der Waals surface area contributed by atoms with Crippen molar-refractivity contribution in [3.63, 3.8) is 0 Å². The summed E-state index contributed by atoms with van der Waals surface area (Å²) in [7, 11) is 0. The minimum atomic E-state index is -0.694. The molecule has 0 aliphatic carbocycles. The average Bonchev–Trinajstić information content (AvgIpc) is 2.87. The molecule has 1 heterocycles. The summed E-state index contributed by atoms with van der Waals surface area (Å²) in [6.07, 6.45) is 0.294. The highest BCUT2D eigenvalue weighted by atomic mass is 16.3. The Morgan fingerprint density at radius 1 is 1.10 bits per heavy atom. The summed E-state index contributed by atoms with van der Waals surface area (Å²) in [6.45, 7) is 5.02. The Labute approximate surface area is 119 Å². The Balaban J connectivity index is 1.77. The van der Waals surface area contributed by atoms with Gasteiger partial charge in [-0.05, 0) is 55.2 Å². The Morgan fingerprint density at radius 3 is 2.70 bits per heavy atom. The molecule has 0 saturated heterocycles. The summed E-state index contributed by atoms with van der Waals surface area (Å²) in [4.78, 5) is 2.00. The number of nitrogens with one attached hydrogen (secondary N) is 1. The maximum atomic E-state index is 10.4. The van der Waals surface area contributed by atoms with Crippen molar-refractivity contribution >= 4 is 11.4 Å². The van der Waals surface area contributed by atoms with Crippen molar-refractivity contribution in [2.75, 3.05) is 16.8 Å². The number of hydrogen-bond donors (Lipinski definition) is 2. The van der Waals surface area contributed by atoms with Gasteiger partial charge in [-0.25, -0.2) is 0 Å². The molecule has 0 amide bonds. The predicted octanol–water partition coefficient (Wildman–Crippen LogP) is 3.05. The Morgan fingerprint density at radius 2 is 1.90 bits per heavy atom. The average molecular weight is 268 g/mol. The Kier molecular flexibility index (Phi) is 3.36. The summed E-state index contributed by atoms with van der Waals surface area (Å²) >= 11 is 0. The van der Waals surface area contributed by atoms with Crippen LogP contribution in [0.2, 0.25) is 0 Å². The predicted molar refractivity (Wildman–Crippen MR) is 83.0 cm³/mol. The molecule has 1 aliphatic rings. The number of aliphatic hydroxyl groups is 1. The van der Waals surface area contributed by atoms with E-state index in [0.29, 0.717) is 0 Å². The van der Waals surface area contributed by atoms with Crippen LogP contribution in [0.3, 0.4) is 0 Å². The Hall–Kier alpha value is -2.00. The molecule has 2 N–H and O–H groups in total. The lowest BCUT2D eigenvalue weighted by molar-refractivity contribution is 0.199. The van der Waals surface area contributed by atoms with E-state index in [1.165, 1.54) is 16.7 Å². The molecule has 0 fully saturated rings. The van der Waals surface area contributed by atoms with Crippen LogP contribution in [0.4, 0.5) is 11.4 Å². The van der Waals surface area contributed by atoms with Crippen LogP contribution in [-0.4, -0.2) is 18.0 Å². The van der Waals surface area contributed by atoms with Gasteiger partial charge in [-0.15, -0.1) is 0 Å². The number of rotatable bonds is 3. The number of fused-ring (bicyclic) bond motifs is 1. The summed E-state index contributed by atoms with van der Waals surface area (Å²) in [5.74, 6) is 0. The van der Waals surface area contributed by atoms with Crippen LogP contribution in [0.25, 0.3) is 0 Å². The molecule has 0 radical (unpaired) electrons. The molecule has 104 valence electrons. The van der Waals surface area contributed by atoms with Gasteiger partial charge in [-0.3, -0.25) is 0 Å². The van der Waals surface area contributed by atoms with E-state index in [1.807, 2.05) is 23.1 Å². The van der Waals surface area contributed by atoms with Crippen LogP contribution in [0.15, 0.2) is 42.5 Å². The molecule has 0 spiro atoms. The molecule has 0 bridgehead atoms. The van der Waals surface area contributed by atoms with E-state index < -0.39 is 6.35 Å². The normalized spacial score (nSPS) is 15.1. The number of nitrogens with zero attached hydrogens (tertiary/aromatic N) is 1. The van der Waals surface area contributed by atoms with Gasteiger partial charge in [0, 0.05) is 17.9 Å². The molecular formula is C17H20N2O. The second-order valence-electron chi connectivity index (χ2n) is 5.39. The van der Waals surface area contributed by atoms with Crippen LogP contribution in [0, 0.1) is 13.8 Å². The van der Waals surface area contributed by atoms with Crippen molar-refractivity contribution in [2.45, 2.75) is 26.6 Å². The number of hydrogen-bond acceptors (Lipinski definition) is 3. The van der Waals surface area contributed by atoms with Gasteiger partial charge in [0.25, 0.3) is 0 Å². The zero-order chi connectivity index (χ0) is 14.1. The van der Waals surface area contributed by atoms with E-state index in [2.05, 4.69) is 43.4 Å². The van der Waals surface area contributed by atoms with Crippen LogP contribution in [0.1, 0.15) is 16.7 Å². The van der Waals surface area contributed by atoms with Crippen LogP contribution >= 0.6 is 0 Å². The smallest absolute Gasteiger partial charge is 0.205 e. The first-order chi connectivity index (χ1) is 9.65. The lowest BCUT2D eigenvalue weighted by Gasteiger charge is -2.27. The second kappa shape index (κ2) is 5.17. The number of aryl methyl sites for hydroxylation is 2. The van der Waals surface area contributed by atoms with E-state index in [9.17, 15) is 5.11 Å². The van der Waals surface area contributed by atoms with E-state index in [0.717, 1.165) is 24.3 Å². The first-order valence-electron chi connectivity index (χ1n) is 7.01. The molecule has 1 aliphatic heterocycles. The van der Waals surface area contributed by atoms with Gasteiger partial charge in [0.1, 0.15) is 0 Å². The van der Waals surface area contributed by atoms with Crippen molar-refractivity contribution in [3.8, 4) is 0 Å². The minimum absolute atomic E-state index is 0.694.